The number of hydrogen-bond donors (Lipinski definition) is 3. The van der Waals surface area contributed by atoms with Gasteiger partial charge in [-0.2, -0.15) is 0 Å². The molecular formula is C7H13N3O3S. The molecule has 14 heavy (non-hydrogen) atoms. The number of ether oxygens (including phenoxy) is 1. The van der Waals surface area contributed by atoms with E-state index >= 15 is 0 Å². The molecule has 2 unspecified atom stereocenters. The normalized spacial score (nSPS) is 26.9. The predicted molar refractivity (Wildman–Crippen MR) is 52.1 cm³/mol. The van der Waals surface area contributed by atoms with Crippen LogP contribution in [-0.4, -0.2) is 36.4 Å². The van der Waals surface area contributed by atoms with Crippen LogP contribution < -0.4 is 16.4 Å². The van der Waals surface area contributed by atoms with Crippen LogP contribution in [0.2, 0.25) is 0 Å². The third kappa shape index (κ3) is 3.52. The molecule has 6 nitrogen and oxygen atoms in total. The Morgan fingerprint density at radius 1 is 1.79 bits per heavy atom. The van der Waals surface area contributed by atoms with Crippen molar-refractivity contribution in [1.82, 2.24) is 10.6 Å². The van der Waals surface area contributed by atoms with E-state index in [1.807, 2.05) is 0 Å². The number of carbonyl (C=O) groups is 2. The molecule has 4 N–H and O–H groups in total. The summed E-state index contributed by atoms with van der Waals surface area (Å²) in [4.78, 5) is 21.8. The quantitative estimate of drug-likeness (QED) is 0.504. The average Bonchev–Trinajstić information content (AvgIpc) is 2.12. The Labute approximate surface area is 85.9 Å². The molecule has 0 aromatic rings. The van der Waals surface area contributed by atoms with Crippen molar-refractivity contribution in [2.75, 3.05) is 12.9 Å². The number of nitrogens with one attached hydrogen (secondary N) is 2. The maximum absolute atomic E-state index is 11.0. The molecule has 0 aromatic carbocycles. The molecule has 1 fully saturated rings. The fourth-order valence-electron chi connectivity index (χ4n) is 1.000. The molecule has 2 atom stereocenters. The molecule has 0 aromatic heterocycles. The molecule has 7 heteroatoms. The van der Waals surface area contributed by atoms with Crippen LogP contribution in [0.4, 0.5) is 0 Å². The Bertz CT molecular complexity index is 236. The molecular weight excluding hydrogens is 206 g/mol. The highest BCUT2D eigenvalue weighted by Gasteiger charge is 2.23. The Morgan fingerprint density at radius 3 is 3.07 bits per heavy atom. The van der Waals surface area contributed by atoms with E-state index in [1.54, 1.807) is 0 Å². The second kappa shape index (κ2) is 5.18. The zero-order valence-electron chi connectivity index (χ0n) is 7.78. The van der Waals surface area contributed by atoms with Crippen LogP contribution in [0.15, 0.2) is 0 Å². The first-order valence-electron chi connectivity index (χ1n) is 4.11. The van der Waals surface area contributed by atoms with Crippen molar-refractivity contribution in [3.8, 4) is 0 Å². The SMILES string of the molecule is COC(=O)CSC1NC(=O)CC(N)N1. The van der Waals surface area contributed by atoms with E-state index < -0.39 is 0 Å². The van der Waals surface area contributed by atoms with Crippen molar-refractivity contribution < 1.29 is 14.3 Å². The van der Waals surface area contributed by atoms with Crippen molar-refractivity contribution in [2.24, 2.45) is 5.73 Å². The second-order valence-electron chi connectivity index (χ2n) is 2.81. The lowest BCUT2D eigenvalue weighted by atomic mass is 10.3. The largest absolute Gasteiger partial charge is 0.468 e. The minimum atomic E-state index is -0.348. The van der Waals surface area contributed by atoms with Gasteiger partial charge in [-0.1, -0.05) is 0 Å². The third-order valence-corrected chi connectivity index (χ3v) is 2.65. The van der Waals surface area contributed by atoms with Gasteiger partial charge in [-0.05, 0) is 0 Å². The van der Waals surface area contributed by atoms with Crippen LogP contribution in [-0.2, 0) is 14.3 Å². The zero-order chi connectivity index (χ0) is 10.6. The molecule has 1 heterocycles. The summed E-state index contributed by atoms with van der Waals surface area (Å²) in [6, 6.07) is 0. The Kier molecular flexibility index (Phi) is 4.18. The lowest BCUT2D eigenvalue weighted by Gasteiger charge is -2.28. The summed E-state index contributed by atoms with van der Waals surface area (Å²) in [5.41, 5.74) is 5.24. The van der Waals surface area contributed by atoms with Crippen molar-refractivity contribution in [3.05, 3.63) is 0 Å². The van der Waals surface area contributed by atoms with Gasteiger partial charge in [-0.25, -0.2) is 0 Å². The fraction of sp³-hybridized carbons (Fsp3) is 0.714. The van der Waals surface area contributed by atoms with Gasteiger partial charge in [0, 0.05) is 0 Å². The first kappa shape index (κ1) is 11.3. The standard InChI is InChI=1S/C7H13N3O3S/c1-13-6(12)3-14-7-9-4(8)2-5(11)10-7/h4,7,9H,2-3,8H2,1H3,(H,10,11). The van der Waals surface area contributed by atoms with Crippen LogP contribution in [0.1, 0.15) is 6.42 Å². The smallest absolute Gasteiger partial charge is 0.315 e. The maximum Gasteiger partial charge on any atom is 0.315 e. The molecule has 0 saturated carbocycles. The summed E-state index contributed by atoms with van der Waals surface area (Å²) in [5, 5.41) is 5.58. The summed E-state index contributed by atoms with van der Waals surface area (Å²) in [7, 11) is 1.32. The number of esters is 1. The van der Waals surface area contributed by atoms with Crippen LogP contribution in [0, 0.1) is 0 Å². The molecule has 1 aliphatic rings. The predicted octanol–water partition coefficient (Wildman–Crippen LogP) is -1.43. The van der Waals surface area contributed by atoms with Gasteiger partial charge in [0.25, 0.3) is 0 Å². The van der Waals surface area contributed by atoms with Gasteiger partial charge in [0.1, 0.15) is 5.50 Å². The highest BCUT2D eigenvalue weighted by atomic mass is 32.2. The van der Waals surface area contributed by atoms with Crippen LogP contribution in [0.25, 0.3) is 0 Å². The van der Waals surface area contributed by atoms with E-state index in [-0.39, 0.29) is 35.7 Å². The molecule has 1 rings (SSSR count). The number of carbonyl (C=O) groups excluding carboxylic acids is 2. The number of rotatable bonds is 3. The molecule has 0 radical (unpaired) electrons. The minimum Gasteiger partial charge on any atom is -0.468 e. The number of nitrogens with two attached hydrogens (primary N) is 1. The van der Waals surface area contributed by atoms with Crippen molar-refractivity contribution in [1.29, 1.82) is 0 Å². The molecule has 0 bridgehead atoms. The van der Waals surface area contributed by atoms with Crippen LogP contribution >= 0.6 is 11.8 Å². The molecule has 80 valence electrons. The first-order valence-corrected chi connectivity index (χ1v) is 5.16. The van der Waals surface area contributed by atoms with Gasteiger partial charge < -0.3 is 15.8 Å². The molecule has 1 amide bonds. The number of hydrogen-bond acceptors (Lipinski definition) is 6. The minimum absolute atomic E-state index is 0.112. The average molecular weight is 219 g/mol. The highest BCUT2D eigenvalue weighted by molar-refractivity contribution is 8.00. The van der Waals surface area contributed by atoms with E-state index in [2.05, 4.69) is 15.4 Å². The first-order chi connectivity index (χ1) is 6.61. The van der Waals surface area contributed by atoms with Gasteiger partial charge in [-0.15, -0.1) is 11.8 Å². The van der Waals surface area contributed by atoms with Gasteiger partial charge in [0.15, 0.2) is 0 Å². The zero-order valence-corrected chi connectivity index (χ0v) is 8.60. The summed E-state index contributed by atoms with van der Waals surface area (Å²) < 4.78 is 4.46. The van der Waals surface area contributed by atoms with Crippen molar-refractivity contribution >= 4 is 23.6 Å². The van der Waals surface area contributed by atoms with E-state index in [0.717, 1.165) is 0 Å². The lowest BCUT2D eigenvalue weighted by molar-refractivity contribution is -0.137. The van der Waals surface area contributed by atoms with E-state index in [4.69, 9.17) is 5.73 Å². The summed E-state index contributed by atoms with van der Waals surface area (Å²) in [6.45, 7) is 0. The number of thioether (sulfide) groups is 1. The second-order valence-corrected chi connectivity index (χ2v) is 3.91. The molecule has 0 aliphatic carbocycles. The van der Waals surface area contributed by atoms with E-state index in [9.17, 15) is 9.59 Å². The maximum atomic E-state index is 11.0. The van der Waals surface area contributed by atoms with E-state index in [1.165, 1.54) is 18.9 Å². The van der Waals surface area contributed by atoms with Crippen LogP contribution in [0.5, 0.6) is 0 Å². The number of amides is 1. The van der Waals surface area contributed by atoms with Gasteiger partial charge >= 0.3 is 5.97 Å². The molecule has 1 aliphatic heterocycles. The van der Waals surface area contributed by atoms with Gasteiger partial charge in [-0.3, -0.25) is 14.9 Å². The molecule has 0 spiro atoms. The Morgan fingerprint density at radius 2 is 2.50 bits per heavy atom. The van der Waals surface area contributed by atoms with Crippen molar-refractivity contribution in [2.45, 2.75) is 18.1 Å². The van der Waals surface area contributed by atoms with Gasteiger partial charge in [0.2, 0.25) is 5.91 Å². The fourth-order valence-corrected chi connectivity index (χ4v) is 1.91. The monoisotopic (exact) mass is 219 g/mol. The number of methoxy groups -OCH3 is 1. The summed E-state index contributed by atoms with van der Waals surface area (Å²) in [6.07, 6.45) is -0.0890. The summed E-state index contributed by atoms with van der Waals surface area (Å²) >= 11 is 1.24. The van der Waals surface area contributed by atoms with E-state index in [0.29, 0.717) is 0 Å². The van der Waals surface area contributed by atoms with Gasteiger partial charge in [0.05, 0.1) is 25.4 Å². The molecule has 1 saturated heterocycles. The highest BCUT2D eigenvalue weighted by Crippen LogP contribution is 2.10. The summed E-state index contributed by atoms with van der Waals surface area (Å²) in [5.74, 6) is -0.259. The van der Waals surface area contributed by atoms with Crippen LogP contribution in [0.3, 0.4) is 0 Å². The Balaban J connectivity index is 2.30. The Hall–Kier alpha value is -0.790. The topological polar surface area (TPSA) is 93.5 Å². The van der Waals surface area contributed by atoms with Crippen molar-refractivity contribution in [3.63, 3.8) is 0 Å². The third-order valence-electron chi connectivity index (χ3n) is 1.66. The lowest BCUT2D eigenvalue weighted by Crippen LogP contribution is -2.58.